The summed E-state index contributed by atoms with van der Waals surface area (Å²) in [6, 6.07) is 14.7. The Labute approximate surface area is 170 Å². The number of rotatable bonds is 7. The van der Waals surface area contributed by atoms with Gasteiger partial charge in [-0.2, -0.15) is 0 Å². The first-order valence-electron chi connectivity index (χ1n) is 9.28. The summed E-state index contributed by atoms with van der Waals surface area (Å²) in [5, 5.41) is 14.3. The zero-order valence-electron chi connectivity index (χ0n) is 16.9. The first-order valence-corrected chi connectivity index (χ1v) is 9.28. The van der Waals surface area contributed by atoms with Gasteiger partial charge in [-0.1, -0.05) is 25.1 Å². The molecule has 0 saturated carbocycles. The summed E-state index contributed by atoms with van der Waals surface area (Å²) in [7, 11) is 3.10. The van der Waals surface area contributed by atoms with Gasteiger partial charge in [-0.3, -0.25) is 4.79 Å². The van der Waals surface area contributed by atoms with Crippen molar-refractivity contribution in [3.8, 4) is 11.5 Å². The number of nitrogens with zero attached hydrogens (tertiary/aromatic N) is 2. The van der Waals surface area contributed by atoms with Crippen molar-refractivity contribution in [2.45, 2.75) is 20.3 Å². The van der Waals surface area contributed by atoms with Crippen LogP contribution in [0.25, 0.3) is 0 Å². The Morgan fingerprint density at radius 1 is 1.03 bits per heavy atom. The van der Waals surface area contributed by atoms with E-state index < -0.39 is 0 Å². The molecule has 2 N–H and O–H groups in total. The highest BCUT2D eigenvalue weighted by Crippen LogP contribution is 2.29. The minimum atomic E-state index is -0.377. The van der Waals surface area contributed by atoms with Crippen LogP contribution in [0.5, 0.6) is 11.5 Å². The molecule has 0 saturated heterocycles. The Kier molecular flexibility index (Phi) is 6.29. The quantitative estimate of drug-likeness (QED) is 0.621. The molecule has 2 aromatic carbocycles. The van der Waals surface area contributed by atoms with Crippen LogP contribution in [-0.2, 0) is 6.42 Å². The molecular formula is C22H24N4O3. The fourth-order valence-electron chi connectivity index (χ4n) is 2.94. The number of amides is 1. The average Bonchev–Trinajstić information content (AvgIpc) is 2.75. The second-order valence-corrected chi connectivity index (χ2v) is 6.41. The van der Waals surface area contributed by atoms with Gasteiger partial charge in [0.1, 0.15) is 11.5 Å². The maximum absolute atomic E-state index is 12.5. The number of carbonyl (C=O) groups is 1. The predicted octanol–water partition coefficient (Wildman–Crippen LogP) is 4.36. The highest BCUT2D eigenvalue weighted by atomic mass is 16.5. The van der Waals surface area contributed by atoms with Gasteiger partial charge in [0.15, 0.2) is 11.5 Å². The predicted molar refractivity (Wildman–Crippen MR) is 113 cm³/mol. The van der Waals surface area contributed by atoms with Crippen molar-refractivity contribution < 1.29 is 14.3 Å². The van der Waals surface area contributed by atoms with Crippen LogP contribution in [-0.4, -0.2) is 30.3 Å². The maximum atomic E-state index is 12.5. The number of aromatic nitrogens is 2. The molecule has 0 aliphatic heterocycles. The summed E-state index contributed by atoms with van der Waals surface area (Å²) in [6.45, 7) is 4.14. The molecule has 7 heteroatoms. The summed E-state index contributed by atoms with van der Waals surface area (Å²) in [5.74, 6) is 1.33. The second-order valence-electron chi connectivity index (χ2n) is 6.41. The number of benzene rings is 2. The summed E-state index contributed by atoms with van der Waals surface area (Å²) in [4.78, 5) is 12.5. The van der Waals surface area contributed by atoms with Crippen molar-refractivity contribution in [2.75, 3.05) is 24.9 Å². The third kappa shape index (κ3) is 4.63. The summed E-state index contributed by atoms with van der Waals surface area (Å²) < 4.78 is 10.5. The minimum absolute atomic E-state index is 0.203. The molecule has 0 aliphatic carbocycles. The maximum Gasteiger partial charge on any atom is 0.276 e. The van der Waals surface area contributed by atoms with Crippen molar-refractivity contribution in [2.24, 2.45) is 0 Å². The number of carbonyl (C=O) groups excluding carboxylic acids is 1. The van der Waals surface area contributed by atoms with Gasteiger partial charge < -0.3 is 20.1 Å². The van der Waals surface area contributed by atoms with E-state index in [9.17, 15) is 4.79 Å². The van der Waals surface area contributed by atoms with Crippen LogP contribution in [0.3, 0.4) is 0 Å². The average molecular weight is 392 g/mol. The second kappa shape index (κ2) is 9.05. The number of nitrogens with one attached hydrogen (secondary N) is 2. The first kappa shape index (κ1) is 20.1. The van der Waals surface area contributed by atoms with Gasteiger partial charge in [0.2, 0.25) is 0 Å². The zero-order valence-corrected chi connectivity index (χ0v) is 16.9. The van der Waals surface area contributed by atoms with E-state index in [0.717, 1.165) is 17.7 Å². The molecular weight excluding hydrogens is 368 g/mol. The molecule has 3 rings (SSSR count). The molecule has 1 aromatic heterocycles. The fraction of sp³-hybridized carbons (Fsp3) is 0.227. The lowest BCUT2D eigenvalue weighted by atomic mass is 10.1. The number of hydrogen-bond acceptors (Lipinski definition) is 6. The van der Waals surface area contributed by atoms with Crippen molar-refractivity contribution in [1.29, 1.82) is 0 Å². The lowest BCUT2D eigenvalue weighted by Gasteiger charge is -2.13. The number of anilines is 3. The topological polar surface area (TPSA) is 85.4 Å². The zero-order chi connectivity index (χ0) is 20.8. The smallest absolute Gasteiger partial charge is 0.276 e. The van der Waals surface area contributed by atoms with E-state index in [1.807, 2.05) is 19.1 Å². The highest BCUT2D eigenvalue weighted by molar-refractivity contribution is 6.03. The van der Waals surface area contributed by atoms with E-state index >= 15 is 0 Å². The van der Waals surface area contributed by atoms with E-state index in [1.165, 1.54) is 12.7 Å². The third-order valence-electron chi connectivity index (χ3n) is 4.55. The summed E-state index contributed by atoms with van der Waals surface area (Å²) >= 11 is 0. The normalized spacial score (nSPS) is 10.3. The molecule has 3 aromatic rings. The molecule has 150 valence electrons. The van der Waals surface area contributed by atoms with Gasteiger partial charge in [-0.05, 0) is 48.7 Å². The monoisotopic (exact) mass is 392 g/mol. The fourth-order valence-corrected chi connectivity index (χ4v) is 2.94. The molecule has 0 fully saturated rings. The van der Waals surface area contributed by atoms with Gasteiger partial charge in [0.25, 0.3) is 5.91 Å². The van der Waals surface area contributed by atoms with Crippen molar-refractivity contribution >= 4 is 23.1 Å². The van der Waals surface area contributed by atoms with Gasteiger partial charge in [0, 0.05) is 11.8 Å². The molecule has 0 unspecified atom stereocenters. The Balaban J connectivity index is 1.75. The number of methoxy groups -OCH3 is 2. The van der Waals surface area contributed by atoms with Crippen molar-refractivity contribution in [3.05, 3.63) is 65.4 Å². The van der Waals surface area contributed by atoms with E-state index in [2.05, 4.69) is 33.8 Å². The Bertz CT molecular complexity index is 1000. The van der Waals surface area contributed by atoms with Crippen LogP contribution >= 0.6 is 0 Å². The molecule has 0 spiro atoms. The van der Waals surface area contributed by atoms with Crippen LogP contribution in [0.2, 0.25) is 0 Å². The van der Waals surface area contributed by atoms with Gasteiger partial charge in [-0.15, -0.1) is 10.2 Å². The molecule has 0 aliphatic rings. The SMILES string of the molecule is CCc1cccc(C)c1Nc1ccc(C(=O)Nc2ccc(OC)cc2OC)nn1. The molecule has 0 atom stereocenters. The van der Waals surface area contributed by atoms with Gasteiger partial charge in [0.05, 0.1) is 19.9 Å². The number of para-hydroxylation sites is 1. The van der Waals surface area contributed by atoms with Crippen LogP contribution < -0.4 is 20.1 Å². The summed E-state index contributed by atoms with van der Waals surface area (Å²) in [6.07, 6.45) is 0.904. The molecule has 0 radical (unpaired) electrons. The van der Waals surface area contributed by atoms with Crippen molar-refractivity contribution in [1.82, 2.24) is 10.2 Å². The first-order chi connectivity index (χ1) is 14.0. The van der Waals surface area contributed by atoms with Gasteiger partial charge >= 0.3 is 0 Å². The van der Waals surface area contributed by atoms with Gasteiger partial charge in [-0.25, -0.2) is 0 Å². The molecule has 1 amide bonds. The standard InChI is InChI=1S/C22H24N4O3/c1-5-15-8-6-7-14(2)21(15)24-20-12-11-18(25-26-20)22(27)23-17-10-9-16(28-3)13-19(17)29-4/h6-13H,5H2,1-4H3,(H,23,27)(H,24,26). The Morgan fingerprint density at radius 2 is 1.86 bits per heavy atom. The van der Waals surface area contributed by atoms with Crippen molar-refractivity contribution in [3.63, 3.8) is 0 Å². The Morgan fingerprint density at radius 3 is 2.52 bits per heavy atom. The highest BCUT2D eigenvalue weighted by Gasteiger charge is 2.13. The number of ether oxygens (including phenoxy) is 2. The van der Waals surface area contributed by atoms with E-state index in [1.54, 1.807) is 37.4 Å². The summed E-state index contributed by atoms with van der Waals surface area (Å²) in [5.41, 5.74) is 4.06. The third-order valence-corrected chi connectivity index (χ3v) is 4.55. The number of hydrogen-bond donors (Lipinski definition) is 2. The molecule has 1 heterocycles. The van der Waals surface area contributed by atoms with E-state index in [-0.39, 0.29) is 11.6 Å². The largest absolute Gasteiger partial charge is 0.497 e. The lowest BCUT2D eigenvalue weighted by molar-refractivity contribution is 0.102. The molecule has 0 bridgehead atoms. The van der Waals surface area contributed by atoms with Crippen LogP contribution in [0, 0.1) is 6.92 Å². The van der Waals surface area contributed by atoms with Crippen LogP contribution in [0.1, 0.15) is 28.5 Å². The van der Waals surface area contributed by atoms with E-state index in [4.69, 9.17) is 9.47 Å². The molecule has 7 nitrogen and oxygen atoms in total. The van der Waals surface area contributed by atoms with E-state index in [0.29, 0.717) is 23.0 Å². The Hall–Kier alpha value is -3.61. The van der Waals surface area contributed by atoms with Crippen LogP contribution in [0.4, 0.5) is 17.2 Å². The number of aryl methyl sites for hydroxylation is 2. The lowest BCUT2D eigenvalue weighted by Crippen LogP contribution is -2.15. The minimum Gasteiger partial charge on any atom is -0.497 e. The molecule has 29 heavy (non-hydrogen) atoms. The van der Waals surface area contributed by atoms with Crippen LogP contribution in [0.15, 0.2) is 48.5 Å².